The Labute approximate surface area is 130 Å². The lowest BCUT2D eigenvalue weighted by Gasteiger charge is -2.23. The molecule has 0 radical (unpaired) electrons. The summed E-state index contributed by atoms with van der Waals surface area (Å²) in [7, 11) is -3.57. The van der Waals surface area contributed by atoms with E-state index in [4.69, 9.17) is 9.47 Å². The summed E-state index contributed by atoms with van der Waals surface area (Å²) >= 11 is 0. The fourth-order valence-corrected chi connectivity index (χ4v) is 3.06. The van der Waals surface area contributed by atoms with Crippen molar-refractivity contribution in [3.8, 4) is 11.5 Å². The van der Waals surface area contributed by atoms with E-state index in [1.54, 1.807) is 25.1 Å². The third-order valence-corrected chi connectivity index (χ3v) is 4.95. The third-order valence-electron chi connectivity index (χ3n) is 3.20. The Bertz CT molecular complexity index is 645. The molecule has 22 heavy (non-hydrogen) atoms. The van der Waals surface area contributed by atoms with Crippen molar-refractivity contribution < 1.29 is 22.7 Å². The summed E-state index contributed by atoms with van der Waals surface area (Å²) in [6.07, 6.45) is 0.788. The number of sulfonamides is 1. The number of rotatable bonds is 7. The second-order valence-electron chi connectivity index (χ2n) is 4.79. The number of ether oxygens (including phenoxy) is 2. The van der Waals surface area contributed by atoms with Gasteiger partial charge in [-0.3, -0.25) is 9.10 Å². The predicted octanol–water partition coefficient (Wildman–Crippen LogP) is 1.10. The van der Waals surface area contributed by atoms with E-state index in [0.717, 1.165) is 10.7 Å². The molecule has 1 N–H and O–H groups in total. The highest BCUT2D eigenvalue weighted by atomic mass is 32.2. The molecule has 1 aliphatic rings. The molecule has 0 atom stereocenters. The molecular formula is C14H20N2O5S. The van der Waals surface area contributed by atoms with Gasteiger partial charge in [0.2, 0.25) is 22.7 Å². The van der Waals surface area contributed by atoms with Crippen LogP contribution in [0.25, 0.3) is 0 Å². The Morgan fingerprint density at radius 3 is 2.68 bits per heavy atom. The highest BCUT2D eigenvalue weighted by molar-refractivity contribution is 7.92. The van der Waals surface area contributed by atoms with Gasteiger partial charge in [0.15, 0.2) is 11.5 Å². The first kappa shape index (κ1) is 16.4. The average Bonchev–Trinajstić information content (AvgIpc) is 2.97. The number of fused-ring (bicyclic) bond motifs is 1. The standard InChI is InChI=1S/C14H20N2O5S/c1-3-7-15-14(17)9-16(22(18,19)4-2)11-5-6-12-13(8-11)21-10-20-12/h5-6,8H,3-4,7,9-10H2,1-2H3,(H,15,17). The molecule has 0 fully saturated rings. The van der Waals surface area contributed by atoms with Crippen LogP contribution >= 0.6 is 0 Å². The van der Waals surface area contributed by atoms with Crippen molar-refractivity contribution in [3.63, 3.8) is 0 Å². The van der Waals surface area contributed by atoms with Crippen LogP contribution in [0.1, 0.15) is 20.3 Å². The number of nitrogens with one attached hydrogen (secondary N) is 1. The van der Waals surface area contributed by atoms with Gasteiger partial charge in [-0.25, -0.2) is 8.42 Å². The van der Waals surface area contributed by atoms with Gasteiger partial charge in [-0.1, -0.05) is 6.92 Å². The molecule has 0 spiro atoms. The maximum atomic E-state index is 12.3. The number of carbonyl (C=O) groups is 1. The maximum absolute atomic E-state index is 12.3. The molecule has 1 aliphatic heterocycles. The van der Waals surface area contributed by atoms with E-state index < -0.39 is 10.0 Å². The summed E-state index contributed by atoms with van der Waals surface area (Å²) in [5.74, 6) is 0.607. The van der Waals surface area contributed by atoms with Gasteiger partial charge in [0, 0.05) is 12.6 Å². The van der Waals surface area contributed by atoms with Crippen molar-refractivity contribution in [3.05, 3.63) is 18.2 Å². The van der Waals surface area contributed by atoms with E-state index in [1.165, 1.54) is 0 Å². The molecular weight excluding hydrogens is 308 g/mol. The van der Waals surface area contributed by atoms with E-state index >= 15 is 0 Å². The van der Waals surface area contributed by atoms with E-state index in [9.17, 15) is 13.2 Å². The number of hydrogen-bond acceptors (Lipinski definition) is 5. The molecule has 1 aromatic rings. The zero-order chi connectivity index (χ0) is 16.2. The monoisotopic (exact) mass is 328 g/mol. The third kappa shape index (κ3) is 3.62. The number of amides is 1. The fourth-order valence-electron chi connectivity index (χ4n) is 2.00. The minimum Gasteiger partial charge on any atom is -0.454 e. The molecule has 7 nitrogen and oxygen atoms in total. The van der Waals surface area contributed by atoms with Crippen LogP contribution in [-0.4, -0.2) is 40.0 Å². The molecule has 8 heteroatoms. The number of anilines is 1. The smallest absolute Gasteiger partial charge is 0.240 e. The zero-order valence-corrected chi connectivity index (χ0v) is 13.5. The van der Waals surface area contributed by atoms with Gasteiger partial charge >= 0.3 is 0 Å². The Morgan fingerprint density at radius 2 is 2.00 bits per heavy atom. The topological polar surface area (TPSA) is 84.9 Å². The highest BCUT2D eigenvalue weighted by Gasteiger charge is 2.25. The molecule has 0 aromatic heterocycles. The molecule has 0 bridgehead atoms. The van der Waals surface area contributed by atoms with Gasteiger partial charge in [0.25, 0.3) is 0 Å². The average molecular weight is 328 g/mol. The lowest BCUT2D eigenvalue weighted by molar-refractivity contribution is -0.119. The number of hydrogen-bond donors (Lipinski definition) is 1. The second kappa shape index (κ2) is 6.87. The number of nitrogens with zero attached hydrogens (tertiary/aromatic N) is 1. The molecule has 0 aliphatic carbocycles. The van der Waals surface area contributed by atoms with Crippen molar-refractivity contribution in [2.24, 2.45) is 0 Å². The van der Waals surface area contributed by atoms with Crippen molar-refractivity contribution in [2.45, 2.75) is 20.3 Å². The molecule has 1 aromatic carbocycles. The second-order valence-corrected chi connectivity index (χ2v) is 6.98. The summed E-state index contributed by atoms with van der Waals surface area (Å²) in [5.41, 5.74) is 0.387. The van der Waals surface area contributed by atoms with Crippen molar-refractivity contribution in [1.29, 1.82) is 0 Å². The molecule has 0 saturated carbocycles. The molecule has 0 saturated heterocycles. The lowest BCUT2D eigenvalue weighted by atomic mass is 10.3. The maximum Gasteiger partial charge on any atom is 0.240 e. The lowest BCUT2D eigenvalue weighted by Crippen LogP contribution is -2.41. The van der Waals surface area contributed by atoms with Gasteiger partial charge in [-0.15, -0.1) is 0 Å². The first-order valence-corrected chi connectivity index (χ1v) is 8.75. The highest BCUT2D eigenvalue weighted by Crippen LogP contribution is 2.36. The van der Waals surface area contributed by atoms with Crippen LogP contribution in [0.4, 0.5) is 5.69 Å². The van der Waals surface area contributed by atoms with E-state index in [2.05, 4.69) is 5.32 Å². The molecule has 0 unspecified atom stereocenters. The summed E-state index contributed by atoms with van der Waals surface area (Å²) < 4.78 is 36.1. The van der Waals surface area contributed by atoms with Crippen LogP contribution in [0.15, 0.2) is 18.2 Å². The van der Waals surface area contributed by atoms with Gasteiger partial charge in [-0.05, 0) is 25.5 Å². The summed E-state index contributed by atoms with van der Waals surface area (Å²) in [6, 6.07) is 4.82. The normalized spacial score (nSPS) is 13.0. The molecule has 2 rings (SSSR count). The van der Waals surface area contributed by atoms with Crippen LogP contribution in [0.2, 0.25) is 0 Å². The van der Waals surface area contributed by atoms with Crippen molar-refractivity contribution >= 4 is 21.6 Å². The van der Waals surface area contributed by atoms with Gasteiger partial charge in [0.1, 0.15) is 6.54 Å². The van der Waals surface area contributed by atoms with Crippen LogP contribution in [0.3, 0.4) is 0 Å². The van der Waals surface area contributed by atoms with Gasteiger partial charge in [0.05, 0.1) is 11.4 Å². The summed E-state index contributed by atoms with van der Waals surface area (Å²) in [5, 5.41) is 2.68. The van der Waals surface area contributed by atoms with Crippen molar-refractivity contribution in [1.82, 2.24) is 5.32 Å². The molecule has 122 valence electrons. The first-order chi connectivity index (χ1) is 10.5. The van der Waals surface area contributed by atoms with Crippen LogP contribution < -0.4 is 19.1 Å². The first-order valence-electron chi connectivity index (χ1n) is 7.14. The summed E-state index contributed by atoms with van der Waals surface area (Å²) in [6.45, 7) is 3.84. The minimum absolute atomic E-state index is 0.0947. The zero-order valence-electron chi connectivity index (χ0n) is 12.7. The SMILES string of the molecule is CCCNC(=O)CN(c1ccc2c(c1)OCO2)S(=O)(=O)CC. The number of benzene rings is 1. The molecule has 1 amide bonds. The van der Waals surface area contributed by atoms with E-state index in [-0.39, 0.29) is 25.0 Å². The minimum atomic E-state index is -3.57. The van der Waals surface area contributed by atoms with Gasteiger partial charge in [-0.2, -0.15) is 0 Å². The van der Waals surface area contributed by atoms with E-state index in [1.807, 2.05) is 6.92 Å². The fraction of sp³-hybridized carbons (Fsp3) is 0.500. The molecule has 1 heterocycles. The van der Waals surface area contributed by atoms with Gasteiger partial charge < -0.3 is 14.8 Å². The van der Waals surface area contributed by atoms with Crippen molar-refractivity contribution in [2.75, 3.05) is 29.9 Å². The van der Waals surface area contributed by atoms with Crippen LogP contribution in [0.5, 0.6) is 11.5 Å². The summed E-state index contributed by atoms with van der Waals surface area (Å²) in [4.78, 5) is 11.9. The number of carbonyl (C=O) groups excluding carboxylic acids is 1. The Balaban J connectivity index is 2.27. The predicted molar refractivity (Wildman–Crippen MR) is 82.7 cm³/mol. The largest absolute Gasteiger partial charge is 0.454 e. The van der Waals surface area contributed by atoms with Crippen LogP contribution in [-0.2, 0) is 14.8 Å². The Hall–Kier alpha value is -1.96. The van der Waals surface area contributed by atoms with Crippen LogP contribution in [0, 0.1) is 0 Å². The Kier molecular flexibility index (Phi) is 5.12. The van der Waals surface area contributed by atoms with E-state index in [0.29, 0.717) is 23.7 Å². The quantitative estimate of drug-likeness (QED) is 0.810. The Morgan fingerprint density at radius 1 is 1.27 bits per heavy atom.